The lowest BCUT2D eigenvalue weighted by Gasteiger charge is -2.04. The minimum absolute atomic E-state index is 0.00792. The van der Waals surface area contributed by atoms with Crippen LogP contribution < -0.4 is 5.32 Å². The number of nitrogens with one attached hydrogen (secondary N) is 1. The first-order chi connectivity index (χ1) is 11.7. The molecule has 3 nitrogen and oxygen atoms in total. The molecule has 0 fully saturated rings. The smallest absolute Gasteiger partial charge is 0.224 e. The van der Waals surface area contributed by atoms with Crippen LogP contribution in [0.2, 0.25) is 0 Å². The van der Waals surface area contributed by atoms with E-state index in [2.05, 4.69) is 22.8 Å². The lowest BCUT2D eigenvalue weighted by Crippen LogP contribution is -2.24. The molecular weight excluding hydrogens is 318 g/mol. The molecule has 0 aliphatic rings. The van der Waals surface area contributed by atoms with Gasteiger partial charge in [0, 0.05) is 22.2 Å². The lowest BCUT2D eigenvalue weighted by atomic mass is 10.1. The Morgan fingerprint density at radius 2 is 2.00 bits per heavy atom. The summed E-state index contributed by atoms with van der Waals surface area (Å²) in [6, 6.07) is 14.3. The van der Waals surface area contributed by atoms with Gasteiger partial charge in [-0.15, -0.1) is 11.3 Å². The van der Waals surface area contributed by atoms with E-state index in [1.54, 1.807) is 17.6 Å². The van der Waals surface area contributed by atoms with E-state index in [1.807, 2.05) is 37.3 Å². The van der Waals surface area contributed by atoms with Crippen LogP contribution in [-0.2, 0) is 17.8 Å². The van der Waals surface area contributed by atoms with Gasteiger partial charge in [-0.25, -0.2) is 0 Å². The molecule has 4 heteroatoms. The fraction of sp³-hybridized carbons (Fsp3) is 0.150. The monoisotopic (exact) mass is 335 g/mol. The highest BCUT2D eigenvalue weighted by molar-refractivity contribution is 7.17. The molecule has 0 saturated carbocycles. The van der Waals surface area contributed by atoms with Crippen LogP contribution in [0.5, 0.6) is 0 Å². The van der Waals surface area contributed by atoms with E-state index in [4.69, 9.17) is 4.42 Å². The molecule has 0 aliphatic heterocycles. The SMILES string of the molecule is Cc1ccc2c(CC(=O)NCc3csc4ccccc34)coc2c1. The van der Waals surface area contributed by atoms with Gasteiger partial charge < -0.3 is 9.73 Å². The van der Waals surface area contributed by atoms with E-state index in [0.29, 0.717) is 13.0 Å². The number of amides is 1. The predicted molar refractivity (Wildman–Crippen MR) is 98.3 cm³/mol. The van der Waals surface area contributed by atoms with Crippen molar-refractivity contribution in [2.24, 2.45) is 0 Å². The summed E-state index contributed by atoms with van der Waals surface area (Å²) in [4.78, 5) is 12.3. The van der Waals surface area contributed by atoms with Crippen LogP contribution in [-0.4, -0.2) is 5.91 Å². The number of carbonyl (C=O) groups is 1. The van der Waals surface area contributed by atoms with Crippen molar-refractivity contribution in [1.82, 2.24) is 5.32 Å². The molecule has 0 spiro atoms. The quantitative estimate of drug-likeness (QED) is 0.581. The van der Waals surface area contributed by atoms with E-state index in [9.17, 15) is 4.79 Å². The molecule has 0 unspecified atom stereocenters. The van der Waals surface area contributed by atoms with Crippen molar-refractivity contribution in [3.8, 4) is 0 Å². The van der Waals surface area contributed by atoms with Crippen LogP contribution in [0.25, 0.3) is 21.1 Å². The number of thiophene rings is 1. The molecular formula is C20H17NO2S. The molecule has 2 heterocycles. The number of carbonyl (C=O) groups excluding carboxylic acids is 1. The number of hydrogen-bond acceptors (Lipinski definition) is 3. The Morgan fingerprint density at radius 3 is 2.92 bits per heavy atom. The molecule has 0 atom stereocenters. The zero-order valence-electron chi connectivity index (χ0n) is 13.3. The van der Waals surface area contributed by atoms with E-state index >= 15 is 0 Å². The molecule has 2 aromatic carbocycles. The maximum atomic E-state index is 12.3. The van der Waals surface area contributed by atoms with Crippen LogP contribution in [0.15, 0.2) is 58.5 Å². The number of fused-ring (bicyclic) bond motifs is 2. The zero-order valence-corrected chi connectivity index (χ0v) is 14.2. The summed E-state index contributed by atoms with van der Waals surface area (Å²) >= 11 is 1.71. The van der Waals surface area contributed by atoms with E-state index in [-0.39, 0.29) is 5.91 Å². The Balaban J connectivity index is 1.46. The third-order valence-corrected chi connectivity index (χ3v) is 5.21. The average molecular weight is 335 g/mol. The maximum absolute atomic E-state index is 12.3. The Hall–Kier alpha value is -2.59. The number of rotatable bonds is 4. The first kappa shape index (κ1) is 15.0. The van der Waals surface area contributed by atoms with Crippen molar-refractivity contribution in [2.75, 3.05) is 0 Å². The van der Waals surface area contributed by atoms with E-state index in [0.717, 1.165) is 27.7 Å². The Morgan fingerprint density at radius 1 is 1.12 bits per heavy atom. The van der Waals surface area contributed by atoms with Gasteiger partial charge in [0.1, 0.15) is 5.58 Å². The normalized spacial score (nSPS) is 11.2. The molecule has 0 saturated heterocycles. The van der Waals surface area contributed by atoms with Crippen LogP contribution >= 0.6 is 11.3 Å². The van der Waals surface area contributed by atoms with Gasteiger partial charge in [-0.3, -0.25) is 4.79 Å². The Labute approximate surface area is 143 Å². The molecule has 0 aliphatic carbocycles. The standard InChI is InChI=1S/C20H17NO2S/c1-13-6-7-16-14(11-23-18(16)8-13)9-20(22)21-10-15-12-24-19-5-3-2-4-17(15)19/h2-8,11-12H,9-10H2,1H3,(H,21,22). The summed E-state index contributed by atoms with van der Waals surface area (Å²) < 4.78 is 6.81. The molecule has 1 amide bonds. The maximum Gasteiger partial charge on any atom is 0.224 e. The topological polar surface area (TPSA) is 42.2 Å². The minimum Gasteiger partial charge on any atom is -0.464 e. The molecule has 24 heavy (non-hydrogen) atoms. The first-order valence-corrected chi connectivity index (χ1v) is 8.77. The molecule has 4 aromatic rings. The van der Waals surface area contributed by atoms with Crippen molar-refractivity contribution in [3.05, 3.63) is 70.8 Å². The second kappa shape index (κ2) is 6.13. The summed E-state index contributed by atoms with van der Waals surface area (Å²) in [6.45, 7) is 2.58. The van der Waals surface area contributed by atoms with Gasteiger partial charge in [0.25, 0.3) is 0 Å². The Kier molecular flexibility index (Phi) is 3.82. The number of furan rings is 1. The van der Waals surface area contributed by atoms with Crippen molar-refractivity contribution >= 4 is 38.3 Å². The molecule has 0 bridgehead atoms. The second-order valence-electron chi connectivity index (χ2n) is 5.97. The summed E-state index contributed by atoms with van der Waals surface area (Å²) in [5, 5.41) is 7.36. The van der Waals surface area contributed by atoms with Gasteiger partial charge in [-0.2, -0.15) is 0 Å². The summed E-state index contributed by atoms with van der Waals surface area (Å²) in [5.41, 5.74) is 4.08. The van der Waals surface area contributed by atoms with Gasteiger partial charge in [0.05, 0.1) is 12.7 Å². The third-order valence-electron chi connectivity index (χ3n) is 4.20. The molecule has 2 aromatic heterocycles. The Bertz CT molecular complexity index is 1030. The summed E-state index contributed by atoms with van der Waals surface area (Å²) in [5.74, 6) is 0.00792. The fourth-order valence-electron chi connectivity index (χ4n) is 2.93. The van der Waals surface area contributed by atoms with Crippen molar-refractivity contribution in [3.63, 3.8) is 0 Å². The van der Waals surface area contributed by atoms with Crippen molar-refractivity contribution in [2.45, 2.75) is 19.9 Å². The molecule has 120 valence electrons. The highest BCUT2D eigenvalue weighted by Crippen LogP contribution is 2.26. The minimum atomic E-state index is 0.00792. The zero-order chi connectivity index (χ0) is 16.5. The van der Waals surface area contributed by atoms with Crippen LogP contribution in [0.3, 0.4) is 0 Å². The average Bonchev–Trinajstić information content (AvgIpc) is 3.17. The largest absolute Gasteiger partial charge is 0.464 e. The van der Waals surface area contributed by atoms with Gasteiger partial charge >= 0.3 is 0 Å². The molecule has 1 N–H and O–H groups in total. The van der Waals surface area contributed by atoms with Crippen LogP contribution in [0.1, 0.15) is 16.7 Å². The van der Waals surface area contributed by atoms with Gasteiger partial charge in [-0.05, 0) is 40.9 Å². The highest BCUT2D eigenvalue weighted by Gasteiger charge is 2.11. The van der Waals surface area contributed by atoms with Gasteiger partial charge in [-0.1, -0.05) is 30.3 Å². The highest BCUT2D eigenvalue weighted by atomic mass is 32.1. The summed E-state index contributed by atoms with van der Waals surface area (Å²) in [6.07, 6.45) is 2.02. The number of aryl methyl sites for hydroxylation is 1. The summed E-state index contributed by atoms with van der Waals surface area (Å²) in [7, 11) is 0. The van der Waals surface area contributed by atoms with E-state index in [1.165, 1.54) is 10.1 Å². The van der Waals surface area contributed by atoms with Crippen LogP contribution in [0, 0.1) is 6.92 Å². The van der Waals surface area contributed by atoms with Crippen molar-refractivity contribution < 1.29 is 9.21 Å². The lowest BCUT2D eigenvalue weighted by molar-refractivity contribution is -0.120. The fourth-order valence-corrected chi connectivity index (χ4v) is 3.89. The predicted octanol–water partition coefficient (Wildman–Crippen LogP) is 4.81. The van der Waals surface area contributed by atoms with Crippen molar-refractivity contribution in [1.29, 1.82) is 0 Å². The second-order valence-corrected chi connectivity index (χ2v) is 6.88. The molecule has 4 rings (SSSR count). The number of benzene rings is 2. The molecule has 0 radical (unpaired) electrons. The van der Waals surface area contributed by atoms with Crippen LogP contribution in [0.4, 0.5) is 0 Å². The van der Waals surface area contributed by atoms with E-state index < -0.39 is 0 Å². The van der Waals surface area contributed by atoms with Gasteiger partial charge in [0.2, 0.25) is 5.91 Å². The first-order valence-electron chi connectivity index (χ1n) is 7.89. The van der Waals surface area contributed by atoms with Gasteiger partial charge in [0.15, 0.2) is 0 Å². The third kappa shape index (κ3) is 2.81. The number of hydrogen-bond donors (Lipinski definition) is 1.